The molecule has 0 aliphatic carbocycles. The first-order chi connectivity index (χ1) is 13.9. The average molecular weight is 412 g/mol. The average Bonchev–Trinajstić information content (AvgIpc) is 2.92. The van der Waals surface area contributed by atoms with E-state index < -0.39 is 10.0 Å². The first kappa shape index (κ1) is 19.6. The molecule has 6 nitrogen and oxygen atoms in total. The van der Waals surface area contributed by atoms with Crippen LogP contribution in [-0.4, -0.2) is 26.7 Å². The van der Waals surface area contributed by atoms with Crippen LogP contribution in [0.3, 0.4) is 0 Å². The molecule has 7 heteroatoms. The molecule has 1 atom stereocenters. The fraction of sp³-hybridized carbons (Fsp3) is 0.364. The fourth-order valence-corrected chi connectivity index (χ4v) is 5.34. The lowest BCUT2D eigenvalue weighted by atomic mass is 10.0. The van der Waals surface area contributed by atoms with E-state index in [0.29, 0.717) is 23.5 Å². The van der Waals surface area contributed by atoms with Gasteiger partial charge < -0.3 is 10.2 Å². The molecule has 1 fully saturated rings. The molecule has 2 aromatic rings. The van der Waals surface area contributed by atoms with E-state index in [2.05, 4.69) is 9.71 Å². The maximum absolute atomic E-state index is 12.8. The summed E-state index contributed by atoms with van der Waals surface area (Å²) in [6.07, 6.45) is 3.66. The second-order valence-corrected chi connectivity index (χ2v) is 9.25. The number of hydrogen-bond acceptors (Lipinski definition) is 4. The van der Waals surface area contributed by atoms with E-state index >= 15 is 0 Å². The fourth-order valence-electron chi connectivity index (χ4n) is 4.05. The Morgan fingerprint density at radius 1 is 1.14 bits per heavy atom. The molecule has 0 unspecified atom stereocenters. The highest BCUT2D eigenvalue weighted by atomic mass is 32.2. The van der Waals surface area contributed by atoms with Gasteiger partial charge in [-0.05, 0) is 56.0 Å². The Morgan fingerprint density at radius 2 is 1.93 bits per heavy atom. The van der Waals surface area contributed by atoms with Gasteiger partial charge >= 0.3 is 0 Å². The number of carbonyl (C=O) groups is 1. The van der Waals surface area contributed by atoms with Gasteiger partial charge in [-0.2, -0.15) is 8.42 Å². The molecule has 152 valence electrons. The van der Waals surface area contributed by atoms with E-state index in [-0.39, 0.29) is 16.8 Å². The summed E-state index contributed by atoms with van der Waals surface area (Å²) < 4.78 is 29.6. The Kier molecular flexibility index (Phi) is 5.17. The third-order valence-corrected chi connectivity index (χ3v) is 6.95. The van der Waals surface area contributed by atoms with Gasteiger partial charge in [0.05, 0.1) is 11.7 Å². The molecule has 2 aliphatic rings. The lowest BCUT2D eigenvalue weighted by molar-refractivity contribution is 0.0939. The van der Waals surface area contributed by atoms with Crippen LogP contribution < -0.4 is 10.2 Å². The maximum Gasteiger partial charge on any atom is 0.286 e. The van der Waals surface area contributed by atoms with Crippen molar-refractivity contribution in [3.05, 3.63) is 59.2 Å². The predicted molar refractivity (Wildman–Crippen MR) is 114 cm³/mol. The van der Waals surface area contributed by atoms with E-state index in [9.17, 15) is 13.2 Å². The van der Waals surface area contributed by atoms with E-state index in [1.54, 1.807) is 12.1 Å². The van der Waals surface area contributed by atoms with Crippen LogP contribution in [0, 0.1) is 6.92 Å². The van der Waals surface area contributed by atoms with Crippen LogP contribution in [0.4, 0.5) is 5.69 Å². The van der Waals surface area contributed by atoms with Crippen LogP contribution in [0.2, 0.25) is 0 Å². The summed E-state index contributed by atoms with van der Waals surface area (Å²) in [6.45, 7) is 4.67. The van der Waals surface area contributed by atoms with Crippen LogP contribution in [-0.2, 0) is 10.0 Å². The summed E-state index contributed by atoms with van der Waals surface area (Å²) in [5, 5.41) is 2.97. The van der Waals surface area contributed by atoms with Crippen LogP contribution in [0.5, 0.6) is 0 Å². The second kappa shape index (κ2) is 7.63. The van der Waals surface area contributed by atoms with Crippen molar-refractivity contribution < 1.29 is 13.2 Å². The summed E-state index contributed by atoms with van der Waals surface area (Å²) in [7, 11) is -3.81. The monoisotopic (exact) mass is 411 g/mol. The Hall–Kier alpha value is -2.67. The summed E-state index contributed by atoms with van der Waals surface area (Å²) in [5.41, 5.74) is 3.07. The van der Waals surface area contributed by atoms with Crippen LogP contribution in [0.1, 0.15) is 60.1 Å². The molecule has 1 saturated heterocycles. The van der Waals surface area contributed by atoms with Crippen LogP contribution in [0.15, 0.2) is 51.8 Å². The highest BCUT2D eigenvalue weighted by Gasteiger charge is 2.32. The SMILES string of the molecule is Cc1ccccc1[C@H](C)NC(=O)c1ccc2c(c1)S(=O)(=O)N=C1CCCCCN12. The van der Waals surface area contributed by atoms with Crippen molar-refractivity contribution in [2.24, 2.45) is 4.40 Å². The van der Waals surface area contributed by atoms with Gasteiger partial charge in [-0.25, -0.2) is 0 Å². The highest BCUT2D eigenvalue weighted by molar-refractivity contribution is 7.90. The highest BCUT2D eigenvalue weighted by Crippen LogP contribution is 2.35. The van der Waals surface area contributed by atoms with Gasteiger partial charge in [0.1, 0.15) is 10.7 Å². The first-order valence-electron chi connectivity index (χ1n) is 9.98. The topological polar surface area (TPSA) is 78.8 Å². The number of nitrogens with one attached hydrogen (secondary N) is 1. The Labute approximate surface area is 171 Å². The Balaban J connectivity index is 1.64. The minimum atomic E-state index is -3.81. The van der Waals surface area contributed by atoms with E-state index in [1.165, 1.54) is 6.07 Å². The van der Waals surface area contributed by atoms with Gasteiger partial charge in [-0.3, -0.25) is 4.79 Å². The zero-order chi connectivity index (χ0) is 20.6. The molecule has 2 aromatic carbocycles. The Morgan fingerprint density at radius 3 is 2.72 bits per heavy atom. The summed E-state index contributed by atoms with van der Waals surface area (Å²) >= 11 is 0. The standard InChI is InChI=1S/C22H25N3O3S/c1-15-8-5-6-9-18(15)16(2)23-22(26)17-11-12-19-20(14-17)29(27,28)24-21-10-4-3-7-13-25(19)21/h5-6,8-9,11-12,14,16H,3-4,7,10,13H2,1-2H3,(H,23,26)/t16-/m0/s1. The van der Waals surface area contributed by atoms with E-state index in [0.717, 1.165) is 36.9 Å². The van der Waals surface area contributed by atoms with Crippen LogP contribution >= 0.6 is 0 Å². The van der Waals surface area contributed by atoms with Crippen molar-refractivity contribution in [3.63, 3.8) is 0 Å². The lowest BCUT2D eigenvalue weighted by Crippen LogP contribution is -2.35. The molecule has 4 rings (SSSR count). The van der Waals surface area contributed by atoms with Crippen molar-refractivity contribution in [1.82, 2.24) is 5.32 Å². The quantitative estimate of drug-likeness (QED) is 0.829. The number of amidine groups is 1. The molecule has 1 N–H and O–H groups in total. The second-order valence-electron chi connectivity index (χ2n) is 7.68. The number of sulfonamides is 1. The summed E-state index contributed by atoms with van der Waals surface area (Å²) in [6, 6.07) is 12.6. The van der Waals surface area contributed by atoms with Gasteiger partial charge in [0, 0.05) is 18.5 Å². The summed E-state index contributed by atoms with van der Waals surface area (Å²) in [4.78, 5) is 14.9. The minimum absolute atomic E-state index is 0.111. The molecule has 1 amide bonds. The summed E-state index contributed by atoms with van der Waals surface area (Å²) in [5.74, 6) is 0.310. The number of carbonyl (C=O) groups excluding carboxylic acids is 1. The third kappa shape index (κ3) is 3.79. The molecule has 2 heterocycles. The zero-order valence-electron chi connectivity index (χ0n) is 16.7. The molecular formula is C22H25N3O3S. The zero-order valence-corrected chi connectivity index (χ0v) is 17.5. The number of amides is 1. The van der Waals surface area contributed by atoms with Gasteiger partial charge in [-0.15, -0.1) is 4.40 Å². The van der Waals surface area contributed by atoms with Crippen molar-refractivity contribution in [2.75, 3.05) is 11.4 Å². The van der Waals surface area contributed by atoms with E-state index in [4.69, 9.17) is 0 Å². The minimum Gasteiger partial charge on any atom is -0.346 e. The number of benzene rings is 2. The number of aryl methyl sites for hydroxylation is 1. The maximum atomic E-state index is 12.8. The number of hydrogen-bond donors (Lipinski definition) is 1. The van der Waals surface area contributed by atoms with Gasteiger partial charge in [0.25, 0.3) is 15.9 Å². The predicted octanol–water partition coefficient (Wildman–Crippen LogP) is 3.97. The van der Waals surface area contributed by atoms with Crippen molar-refractivity contribution in [3.8, 4) is 0 Å². The molecule has 0 saturated carbocycles. The molecule has 0 spiro atoms. The molecule has 2 aliphatic heterocycles. The van der Waals surface area contributed by atoms with Crippen molar-refractivity contribution in [1.29, 1.82) is 0 Å². The number of rotatable bonds is 3. The van der Waals surface area contributed by atoms with Gasteiger partial charge in [0.15, 0.2) is 0 Å². The molecule has 0 bridgehead atoms. The van der Waals surface area contributed by atoms with Crippen LogP contribution in [0.25, 0.3) is 0 Å². The number of anilines is 1. The first-order valence-corrected chi connectivity index (χ1v) is 11.4. The number of fused-ring (bicyclic) bond motifs is 3. The lowest BCUT2D eigenvalue weighted by Gasteiger charge is -2.29. The normalized spacial score (nSPS) is 18.7. The van der Waals surface area contributed by atoms with Crippen molar-refractivity contribution in [2.45, 2.75) is 50.5 Å². The smallest absolute Gasteiger partial charge is 0.286 e. The number of nitrogens with zero attached hydrogens (tertiary/aromatic N) is 2. The van der Waals surface area contributed by atoms with Gasteiger partial charge in [0.2, 0.25) is 0 Å². The largest absolute Gasteiger partial charge is 0.346 e. The van der Waals surface area contributed by atoms with Crippen molar-refractivity contribution >= 4 is 27.5 Å². The van der Waals surface area contributed by atoms with E-state index in [1.807, 2.05) is 43.0 Å². The molecule has 29 heavy (non-hydrogen) atoms. The molecule has 0 radical (unpaired) electrons. The molecular weight excluding hydrogens is 386 g/mol. The molecule has 0 aromatic heterocycles. The van der Waals surface area contributed by atoms with Gasteiger partial charge in [-0.1, -0.05) is 30.7 Å². The Bertz CT molecular complexity index is 1090. The third-order valence-electron chi connectivity index (χ3n) is 5.61.